The second-order valence-corrected chi connectivity index (χ2v) is 5.92. The molecule has 1 rings (SSSR count). The average molecular weight is 324 g/mol. The lowest BCUT2D eigenvalue weighted by molar-refractivity contribution is -0.121. The lowest BCUT2D eigenvalue weighted by Gasteiger charge is -2.18. The van der Waals surface area contributed by atoms with Crippen LogP contribution in [0.25, 0.3) is 0 Å². The highest BCUT2D eigenvalue weighted by Gasteiger charge is 2.17. The van der Waals surface area contributed by atoms with E-state index in [1.165, 1.54) is 4.90 Å². The Labute approximate surface area is 136 Å². The normalized spacial score (nSPS) is 10.4. The number of rotatable bonds is 8. The third kappa shape index (κ3) is 5.69. The lowest BCUT2D eigenvalue weighted by atomic mass is 10.1. The topological polar surface area (TPSA) is 58.6 Å². The van der Waals surface area contributed by atoms with Crippen molar-refractivity contribution in [3.05, 3.63) is 29.3 Å². The van der Waals surface area contributed by atoms with Crippen LogP contribution < -0.4 is 5.32 Å². The highest BCUT2D eigenvalue weighted by molar-refractivity contribution is 7.98. The van der Waals surface area contributed by atoms with E-state index in [1.807, 2.05) is 31.4 Å². The summed E-state index contributed by atoms with van der Waals surface area (Å²) in [5.41, 5.74) is 1.55. The van der Waals surface area contributed by atoms with E-state index in [1.54, 1.807) is 25.9 Å². The van der Waals surface area contributed by atoms with Gasteiger partial charge < -0.3 is 15.0 Å². The first kappa shape index (κ1) is 18.5. The largest absolute Gasteiger partial charge is 0.385 e. The maximum absolute atomic E-state index is 12.5. The highest BCUT2D eigenvalue weighted by Crippen LogP contribution is 2.20. The van der Waals surface area contributed by atoms with Crippen molar-refractivity contribution in [1.82, 2.24) is 10.2 Å². The van der Waals surface area contributed by atoms with E-state index in [0.717, 1.165) is 16.9 Å². The highest BCUT2D eigenvalue weighted by atomic mass is 32.2. The summed E-state index contributed by atoms with van der Waals surface area (Å²) in [6, 6.07) is 5.78. The van der Waals surface area contributed by atoms with Gasteiger partial charge >= 0.3 is 0 Å². The molecule has 0 aliphatic rings. The molecule has 22 heavy (non-hydrogen) atoms. The van der Waals surface area contributed by atoms with E-state index in [9.17, 15) is 9.59 Å². The first-order valence-corrected chi connectivity index (χ1v) is 8.37. The number of carbonyl (C=O) groups excluding carboxylic acids is 2. The Morgan fingerprint density at radius 3 is 2.73 bits per heavy atom. The monoisotopic (exact) mass is 324 g/mol. The first-order valence-electron chi connectivity index (χ1n) is 7.15. The van der Waals surface area contributed by atoms with Crippen molar-refractivity contribution < 1.29 is 14.3 Å². The van der Waals surface area contributed by atoms with Crippen molar-refractivity contribution in [2.75, 3.05) is 40.1 Å². The van der Waals surface area contributed by atoms with Gasteiger partial charge in [0.15, 0.2) is 0 Å². The molecule has 0 aliphatic heterocycles. The minimum absolute atomic E-state index is 0.0503. The van der Waals surface area contributed by atoms with Crippen LogP contribution in [0.15, 0.2) is 23.1 Å². The van der Waals surface area contributed by atoms with Crippen molar-refractivity contribution in [1.29, 1.82) is 0 Å². The number of aryl methyl sites for hydroxylation is 1. The molecule has 0 fully saturated rings. The van der Waals surface area contributed by atoms with Crippen LogP contribution in [0.4, 0.5) is 0 Å². The molecule has 0 saturated heterocycles. The summed E-state index contributed by atoms with van der Waals surface area (Å²) in [6.07, 6.45) is 2.73. The number of ether oxygens (including phenoxy) is 1. The summed E-state index contributed by atoms with van der Waals surface area (Å²) in [5.74, 6) is -0.300. The van der Waals surface area contributed by atoms with E-state index in [0.29, 0.717) is 18.7 Å². The van der Waals surface area contributed by atoms with Gasteiger partial charge in [-0.15, -0.1) is 11.8 Å². The Morgan fingerprint density at radius 1 is 1.36 bits per heavy atom. The molecule has 1 N–H and O–H groups in total. The van der Waals surface area contributed by atoms with E-state index < -0.39 is 0 Å². The maximum atomic E-state index is 12.5. The predicted octanol–water partition coefficient (Wildman–Crippen LogP) is 1.94. The predicted molar refractivity (Wildman–Crippen MR) is 89.4 cm³/mol. The molecule has 0 bridgehead atoms. The van der Waals surface area contributed by atoms with Crippen LogP contribution in [-0.4, -0.2) is 56.8 Å². The summed E-state index contributed by atoms with van der Waals surface area (Å²) in [4.78, 5) is 26.7. The van der Waals surface area contributed by atoms with Crippen LogP contribution in [0.3, 0.4) is 0 Å². The number of carbonyl (C=O) groups is 2. The van der Waals surface area contributed by atoms with Gasteiger partial charge in [0.1, 0.15) is 0 Å². The molecule has 0 atom stereocenters. The van der Waals surface area contributed by atoms with Gasteiger partial charge in [0.05, 0.1) is 6.54 Å². The van der Waals surface area contributed by atoms with Crippen molar-refractivity contribution in [3.8, 4) is 0 Å². The third-order valence-electron chi connectivity index (χ3n) is 3.25. The first-order chi connectivity index (χ1) is 10.5. The number of nitrogens with zero attached hydrogens (tertiary/aromatic N) is 1. The SMILES string of the molecule is COCCCNC(=O)CN(C)C(=O)c1cc(SC)ccc1C. The fourth-order valence-electron chi connectivity index (χ4n) is 1.95. The van der Waals surface area contributed by atoms with E-state index in [4.69, 9.17) is 4.74 Å². The van der Waals surface area contributed by atoms with Gasteiger partial charge in [-0.1, -0.05) is 6.07 Å². The molecule has 122 valence electrons. The van der Waals surface area contributed by atoms with Gasteiger partial charge in [0, 0.05) is 37.8 Å². The molecule has 0 aromatic heterocycles. The zero-order chi connectivity index (χ0) is 16.5. The minimum atomic E-state index is -0.161. The Hall–Kier alpha value is -1.53. The number of hydrogen-bond acceptors (Lipinski definition) is 4. The summed E-state index contributed by atoms with van der Waals surface area (Å²) in [7, 11) is 3.27. The molecule has 2 amide bonds. The molecule has 0 saturated carbocycles. The standard InChI is InChI=1S/C16H24N2O3S/c1-12-6-7-13(22-4)10-14(12)16(20)18(2)11-15(19)17-8-5-9-21-3/h6-7,10H,5,8-9,11H2,1-4H3,(H,17,19). The van der Waals surface area contributed by atoms with Gasteiger partial charge in [0.2, 0.25) is 5.91 Å². The quantitative estimate of drug-likeness (QED) is 0.586. The van der Waals surface area contributed by atoms with Crippen molar-refractivity contribution in [3.63, 3.8) is 0 Å². The molecule has 0 radical (unpaired) electrons. The number of amides is 2. The van der Waals surface area contributed by atoms with Gasteiger partial charge in [-0.3, -0.25) is 9.59 Å². The van der Waals surface area contributed by atoms with E-state index in [2.05, 4.69) is 5.32 Å². The van der Waals surface area contributed by atoms with Gasteiger partial charge in [-0.25, -0.2) is 0 Å². The zero-order valence-corrected chi connectivity index (χ0v) is 14.5. The van der Waals surface area contributed by atoms with Crippen molar-refractivity contribution in [2.24, 2.45) is 0 Å². The fraction of sp³-hybridized carbons (Fsp3) is 0.500. The summed E-state index contributed by atoms with van der Waals surface area (Å²) in [5, 5.41) is 2.77. The number of thioether (sulfide) groups is 1. The number of benzene rings is 1. The molecular weight excluding hydrogens is 300 g/mol. The third-order valence-corrected chi connectivity index (χ3v) is 3.98. The molecule has 6 heteroatoms. The Bertz CT molecular complexity index is 520. The van der Waals surface area contributed by atoms with Crippen molar-refractivity contribution >= 4 is 23.6 Å². The fourth-order valence-corrected chi connectivity index (χ4v) is 2.39. The average Bonchev–Trinajstić information content (AvgIpc) is 2.51. The number of likely N-dealkylation sites (N-methyl/N-ethyl adjacent to an activating group) is 1. The van der Waals surface area contributed by atoms with E-state index >= 15 is 0 Å². The number of hydrogen-bond donors (Lipinski definition) is 1. The second-order valence-electron chi connectivity index (χ2n) is 5.04. The minimum Gasteiger partial charge on any atom is -0.385 e. The summed E-state index contributed by atoms with van der Waals surface area (Å²) in [6.45, 7) is 3.11. The maximum Gasteiger partial charge on any atom is 0.254 e. The van der Waals surface area contributed by atoms with Crippen LogP contribution in [0, 0.1) is 6.92 Å². The smallest absolute Gasteiger partial charge is 0.254 e. The number of methoxy groups -OCH3 is 1. The Balaban J connectivity index is 2.59. The molecule has 1 aromatic carbocycles. The molecule has 0 spiro atoms. The van der Waals surface area contributed by atoms with Gasteiger partial charge in [-0.2, -0.15) is 0 Å². The Kier molecular flexibility index (Phi) is 7.98. The zero-order valence-electron chi connectivity index (χ0n) is 13.6. The molecule has 0 heterocycles. The van der Waals surface area contributed by atoms with Crippen molar-refractivity contribution in [2.45, 2.75) is 18.2 Å². The van der Waals surface area contributed by atoms with E-state index in [-0.39, 0.29) is 18.4 Å². The Morgan fingerprint density at radius 2 is 2.09 bits per heavy atom. The van der Waals surface area contributed by atoms with Crippen LogP contribution >= 0.6 is 11.8 Å². The van der Waals surface area contributed by atoms with Gasteiger partial charge in [-0.05, 0) is 37.3 Å². The summed E-state index contributed by atoms with van der Waals surface area (Å²) >= 11 is 1.59. The van der Waals surface area contributed by atoms with Crippen LogP contribution in [0.1, 0.15) is 22.3 Å². The van der Waals surface area contributed by atoms with Crippen LogP contribution in [-0.2, 0) is 9.53 Å². The molecule has 0 unspecified atom stereocenters. The summed E-state index contributed by atoms with van der Waals surface area (Å²) < 4.78 is 4.92. The van der Waals surface area contributed by atoms with Crippen LogP contribution in [0.2, 0.25) is 0 Å². The second kappa shape index (κ2) is 9.48. The molecule has 0 aliphatic carbocycles. The lowest BCUT2D eigenvalue weighted by Crippen LogP contribution is -2.39. The van der Waals surface area contributed by atoms with Gasteiger partial charge in [0.25, 0.3) is 5.91 Å². The number of nitrogens with one attached hydrogen (secondary N) is 1. The molecular formula is C16H24N2O3S. The van der Waals surface area contributed by atoms with Crippen LogP contribution in [0.5, 0.6) is 0 Å². The molecule has 1 aromatic rings. The molecule has 5 nitrogen and oxygen atoms in total.